The van der Waals surface area contributed by atoms with E-state index >= 15 is 0 Å². The molecule has 90 valence electrons. The number of aliphatic carboxylic acids is 1. The molecule has 0 unspecified atom stereocenters. The van der Waals surface area contributed by atoms with E-state index in [1.54, 1.807) is 12.4 Å². The summed E-state index contributed by atoms with van der Waals surface area (Å²) in [6.07, 6.45) is 3.50. The number of pyridine rings is 1. The smallest absolute Gasteiger partial charge is 0.300 e. The molecule has 0 atom stereocenters. The van der Waals surface area contributed by atoms with E-state index in [9.17, 15) is 0 Å². The molecule has 1 heterocycles. The van der Waals surface area contributed by atoms with Crippen molar-refractivity contribution in [2.45, 2.75) is 13.8 Å². The molecule has 1 aromatic heterocycles. The van der Waals surface area contributed by atoms with E-state index < -0.39 is 5.97 Å². The lowest BCUT2D eigenvalue weighted by atomic mass is 10.2. The van der Waals surface area contributed by atoms with E-state index in [2.05, 4.69) is 24.0 Å². The van der Waals surface area contributed by atoms with Crippen LogP contribution in [0, 0.1) is 6.92 Å². The van der Waals surface area contributed by atoms with E-state index in [4.69, 9.17) is 9.90 Å². The molecule has 3 heteroatoms. The molecular weight excluding hydrogens is 214 g/mol. The van der Waals surface area contributed by atoms with Crippen molar-refractivity contribution in [2.75, 3.05) is 0 Å². The topological polar surface area (TPSA) is 50.2 Å². The van der Waals surface area contributed by atoms with Gasteiger partial charge in [-0.05, 0) is 19.1 Å². The second-order valence-corrected chi connectivity index (χ2v) is 3.20. The van der Waals surface area contributed by atoms with Gasteiger partial charge in [-0.2, -0.15) is 0 Å². The maximum Gasteiger partial charge on any atom is 0.300 e. The van der Waals surface area contributed by atoms with Gasteiger partial charge in [0.25, 0.3) is 5.97 Å². The summed E-state index contributed by atoms with van der Waals surface area (Å²) in [6, 6.07) is 16.0. The van der Waals surface area contributed by atoms with Crippen LogP contribution in [0.3, 0.4) is 0 Å². The van der Waals surface area contributed by atoms with Gasteiger partial charge in [0, 0.05) is 19.3 Å². The predicted molar refractivity (Wildman–Crippen MR) is 68.7 cm³/mol. The Morgan fingerprint density at radius 2 is 1.41 bits per heavy atom. The fourth-order valence-electron chi connectivity index (χ4n) is 0.847. The van der Waals surface area contributed by atoms with Gasteiger partial charge < -0.3 is 5.11 Å². The summed E-state index contributed by atoms with van der Waals surface area (Å²) in [6.45, 7) is 3.17. The normalized spacial score (nSPS) is 7.88. The van der Waals surface area contributed by atoms with Crippen LogP contribution in [0.5, 0.6) is 0 Å². The number of rotatable bonds is 0. The SMILES string of the molecule is CC(=O)O.Cc1ccccc1.c1ccncc1. The molecular formula is C14H17NO2. The number of carboxylic acid groups (broad SMARTS) is 1. The number of carboxylic acids is 1. The van der Waals surface area contributed by atoms with E-state index in [0.29, 0.717) is 0 Å². The Morgan fingerprint density at radius 1 is 1.00 bits per heavy atom. The van der Waals surface area contributed by atoms with Crippen LogP contribution >= 0.6 is 0 Å². The number of hydrogen-bond donors (Lipinski definition) is 1. The molecule has 0 fully saturated rings. The van der Waals surface area contributed by atoms with Crippen molar-refractivity contribution in [3.63, 3.8) is 0 Å². The van der Waals surface area contributed by atoms with Crippen LogP contribution in [0.25, 0.3) is 0 Å². The molecule has 2 aromatic rings. The summed E-state index contributed by atoms with van der Waals surface area (Å²) >= 11 is 0. The molecule has 3 nitrogen and oxygen atoms in total. The summed E-state index contributed by atoms with van der Waals surface area (Å²) in [4.78, 5) is 12.8. The molecule has 2 rings (SSSR count). The Morgan fingerprint density at radius 3 is 1.59 bits per heavy atom. The van der Waals surface area contributed by atoms with Gasteiger partial charge >= 0.3 is 0 Å². The lowest BCUT2D eigenvalue weighted by Crippen LogP contribution is -1.78. The van der Waals surface area contributed by atoms with E-state index in [1.165, 1.54) is 5.56 Å². The minimum atomic E-state index is -0.833. The minimum absolute atomic E-state index is 0.833. The van der Waals surface area contributed by atoms with Gasteiger partial charge in [-0.25, -0.2) is 0 Å². The Bertz CT molecular complexity index is 357. The molecule has 0 saturated carbocycles. The first-order valence-electron chi connectivity index (χ1n) is 5.19. The second kappa shape index (κ2) is 10.4. The molecule has 0 aliphatic rings. The monoisotopic (exact) mass is 231 g/mol. The summed E-state index contributed by atoms with van der Waals surface area (Å²) in [5, 5.41) is 7.42. The molecule has 1 aromatic carbocycles. The van der Waals surface area contributed by atoms with Crippen molar-refractivity contribution in [1.29, 1.82) is 0 Å². The molecule has 0 spiro atoms. The quantitative estimate of drug-likeness (QED) is 0.757. The number of aromatic nitrogens is 1. The Hall–Kier alpha value is -2.16. The van der Waals surface area contributed by atoms with Gasteiger partial charge in [0.05, 0.1) is 0 Å². The Labute approximate surface area is 102 Å². The molecule has 0 radical (unpaired) electrons. The molecule has 1 N–H and O–H groups in total. The maximum absolute atomic E-state index is 9.00. The number of carbonyl (C=O) groups is 1. The Balaban J connectivity index is 0.000000236. The van der Waals surface area contributed by atoms with Crippen LogP contribution in [0.15, 0.2) is 60.9 Å². The molecule has 0 amide bonds. The van der Waals surface area contributed by atoms with Gasteiger partial charge in [0.15, 0.2) is 0 Å². The highest BCUT2D eigenvalue weighted by Crippen LogP contribution is 1.92. The first-order valence-corrected chi connectivity index (χ1v) is 5.19. The average molecular weight is 231 g/mol. The summed E-state index contributed by atoms with van der Waals surface area (Å²) in [7, 11) is 0. The summed E-state index contributed by atoms with van der Waals surface area (Å²) < 4.78 is 0. The van der Waals surface area contributed by atoms with Crippen LogP contribution < -0.4 is 0 Å². The van der Waals surface area contributed by atoms with Crippen molar-refractivity contribution in [3.05, 3.63) is 66.5 Å². The fourth-order valence-corrected chi connectivity index (χ4v) is 0.847. The van der Waals surface area contributed by atoms with Gasteiger partial charge in [0.1, 0.15) is 0 Å². The zero-order valence-corrected chi connectivity index (χ0v) is 10.1. The first-order chi connectivity index (χ1) is 8.13. The molecule has 0 saturated heterocycles. The van der Waals surface area contributed by atoms with Gasteiger partial charge in [-0.1, -0.05) is 42.0 Å². The highest BCUT2D eigenvalue weighted by Gasteiger charge is 1.72. The van der Waals surface area contributed by atoms with E-state index in [1.807, 2.05) is 36.4 Å². The van der Waals surface area contributed by atoms with Crippen molar-refractivity contribution >= 4 is 5.97 Å². The molecule has 0 aliphatic heterocycles. The highest BCUT2D eigenvalue weighted by molar-refractivity contribution is 5.62. The number of hydrogen-bond acceptors (Lipinski definition) is 2. The second-order valence-electron chi connectivity index (χ2n) is 3.20. The summed E-state index contributed by atoms with van der Waals surface area (Å²) in [5.74, 6) is -0.833. The predicted octanol–water partition coefficient (Wildman–Crippen LogP) is 3.17. The van der Waals surface area contributed by atoms with Crippen LogP contribution in [0.4, 0.5) is 0 Å². The minimum Gasteiger partial charge on any atom is -0.481 e. The van der Waals surface area contributed by atoms with Crippen LogP contribution in [0.1, 0.15) is 12.5 Å². The molecule has 0 aliphatic carbocycles. The van der Waals surface area contributed by atoms with Gasteiger partial charge in [-0.15, -0.1) is 0 Å². The van der Waals surface area contributed by atoms with Crippen LogP contribution in [-0.4, -0.2) is 16.1 Å². The van der Waals surface area contributed by atoms with E-state index in [0.717, 1.165) is 6.92 Å². The zero-order valence-electron chi connectivity index (χ0n) is 10.1. The van der Waals surface area contributed by atoms with Crippen molar-refractivity contribution < 1.29 is 9.90 Å². The number of nitrogens with zero attached hydrogens (tertiary/aromatic N) is 1. The maximum atomic E-state index is 9.00. The fraction of sp³-hybridized carbons (Fsp3) is 0.143. The third-order valence-electron chi connectivity index (χ3n) is 1.51. The van der Waals surface area contributed by atoms with E-state index in [-0.39, 0.29) is 0 Å². The third kappa shape index (κ3) is 13.8. The first kappa shape index (κ1) is 14.8. The highest BCUT2D eigenvalue weighted by atomic mass is 16.4. The standard InChI is InChI=1S/C7H8.C5H5N.C2H4O2/c1-7-5-3-2-4-6-7;1-2-4-6-5-3-1;1-2(3)4/h2-6H,1H3;1-5H;1H3,(H,3,4). The molecule has 0 bridgehead atoms. The Kier molecular flexibility index (Phi) is 9.04. The van der Waals surface area contributed by atoms with Crippen LogP contribution in [-0.2, 0) is 4.79 Å². The number of aryl methyl sites for hydroxylation is 1. The van der Waals surface area contributed by atoms with Crippen molar-refractivity contribution in [1.82, 2.24) is 4.98 Å². The van der Waals surface area contributed by atoms with Crippen molar-refractivity contribution in [2.24, 2.45) is 0 Å². The van der Waals surface area contributed by atoms with Gasteiger partial charge in [0.2, 0.25) is 0 Å². The zero-order chi connectivity index (χ0) is 12.9. The lowest BCUT2D eigenvalue weighted by Gasteiger charge is -1.82. The third-order valence-corrected chi connectivity index (χ3v) is 1.51. The molecule has 17 heavy (non-hydrogen) atoms. The largest absolute Gasteiger partial charge is 0.481 e. The lowest BCUT2D eigenvalue weighted by molar-refractivity contribution is -0.134. The number of benzene rings is 1. The van der Waals surface area contributed by atoms with Crippen LogP contribution in [0.2, 0.25) is 0 Å². The summed E-state index contributed by atoms with van der Waals surface area (Å²) in [5.41, 5.74) is 1.32. The van der Waals surface area contributed by atoms with Crippen molar-refractivity contribution in [3.8, 4) is 0 Å². The van der Waals surface area contributed by atoms with Gasteiger partial charge in [-0.3, -0.25) is 9.78 Å². The average Bonchev–Trinajstić information content (AvgIpc) is 2.32.